The van der Waals surface area contributed by atoms with Crippen LogP contribution in [0.1, 0.15) is 21.7 Å². The van der Waals surface area contributed by atoms with E-state index in [0.717, 1.165) is 39.9 Å². The first kappa shape index (κ1) is 16.6. The zero-order valence-corrected chi connectivity index (χ0v) is 15.5. The summed E-state index contributed by atoms with van der Waals surface area (Å²) in [4.78, 5) is 18.4. The fraction of sp³-hybridized carbons (Fsp3) is 0.182. The summed E-state index contributed by atoms with van der Waals surface area (Å²) in [5.74, 6) is 0.788. The Morgan fingerprint density at radius 3 is 2.82 bits per heavy atom. The molecule has 2 aromatic carbocycles. The molecule has 0 saturated heterocycles. The highest BCUT2D eigenvalue weighted by atomic mass is 16.5. The summed E-state index contributed by atoms with van der Waals surface area (Å²) in [6.07, 6.45) is 0.803. The number of carbonyl (C=O) groups excluding carboxylic acids is 1. The van der Waals surface area contributed by atoms with Crippen molar-refractivity contribution in [3.05, 3.63) is 71.5 Å². The van der Waals surface area contributed by atoms with E-state index in [2.05, 4.69) is 15.2 Å². The summed E-state index contributed by atoms with van der Waals surface area (Å²) in [6, 6.07) is 17.7. The largest absolute Gasteiger partial charge is 0.497 e. The lowest BCUT2D eigenvalue weighted by Gasteiger charge is -2.26. The van der Waals surface area contributed by atoms with Gasteiger partial charge in [-0.1, -0.05) is 30.3 Å². The van der Waals surface area contributed by atoms with E-state index in [1.54, 1.807) is 7.11 Å². The minimum absolute atomic E-state index is 0.0300. The first-order valence-corrected chi connectivity index (χ1v) is 9.30. The summed E-state index contributed by atoms with van der Waals surface area (Å²) >= 11 is 0. The van der Waals surface area contributed by atoms with Crippen LogP contribution in [0.5, 0.6) is 5.75 Å². The van der Waals surface area contributed by atoms with Crippen LogP contribution in [0.25, 0.3) is 22.2 Å². The molecule has 3 heterocycles. The van der Waals surface area contributed by atoms with Crippen LogP contribution in [0.15, 0.2) is 54.6 Å². The Bertz CT molecular complexity index is 1160. The van der Waals surface area contributed by atoms with Crippen molar-refractivity contribution in [2.45, 2.75) is 13.0 Å². The van der Waals surface area contributed by atoms with E-state index in [9.17, 15) is 4.79 Å². The topological polar surface area (TPSA) is 74.0 Å². The third kappa shape index (κ3) is 2.74. The maximum Gasteiger partial charge on any atom is 0.272 e. The molecule has 1 aliphatic rings. The molecule has 0 fully saturated rings. The number of aromatic amines is 2. The predicted octanol–water partition coefficient (Wildman–Crippen LogP) is 3.77. The molecule has 2 N–H and O–H groups in total. The number of hydrogen-bond acceptors (Lipinski definition) is 3. The van der Waals surface area contributed by atoms with Gasteiger partial charge in [-0.2, -0.15) is 5.10 Å². The molecule has 0 bridgehead atoms. The molecule has 0 spiro atoms. The molecular weight excluding hydrogens is 352 g/mol. The molecule has 6 heteroatoms. The number of ether oxygens (including phenoxy) is 1. The van der Waals surface area contributed by atoms with Crippen LogP contribution < -0.4 is 4.74 Å². The highest BCUT2D eigenvalue weighted by molar-refractivity contribution is 5.94. The Labute approximate surface area is 162 Å². The van der Waals surface area contributed by atoms with Crippen LogP contribution in [0.3, 0.4) is 0 Å². The van der Waals surface area contributed by atoms with Crippen molar-refractivity contribution in [2.24, 2.45) is 0 Å². The highest BCUT2D eigenvalue weighted by Crippen LogP contribution is 2.31. The molecule has 0 aliphatic carbocycles. The van der Waals surface area contributed by atoms with E-state index < -0.39 is 0 Å². The van der Waals surface area contributed by atoms with Gasteiger partial charge in [0.15, 0.2) is 0 Å². The summed E-state index contributed by atoms with van der Waals surface area (Å²) in [5, 5.41) is 8.33. The summed E-state index contributed by atoms with van der Waals surface area (Å²) in [5.41, 5.74) is 5.71. The molecule has 0 unspecified atom stereocenters. The molecule has 0 radical (unpaired) electrons. The van der Waals surface area contributed by atoms with E-state index >= 15 is 0 Å². The maximum absolute atomic E-state index is 13.1. The van der Waals surface area contributed by atoms with Gasteiger partial charge < -0.3 is 14.6 Å². The number of rotatable bonds is 3. The van der Waals surface area contributed by atoms with Crippen molar-refractivity contribution < 1.29 is 9.53 Å². The second kappa shape index (κ2) is 6.56. The predicted molar refractivity (Wildman–Crippen MR) is 107 cm³/mol. The number of nitrogens with one attached hydrogen (secondary N) is 2. The fourth-order valence-electron chi connectivity index (χ4n) is 3.85. The number of H-pyrrole nitrogens is 2. The van der Waals surface area contributed by atoms with E-state index in [0.29, 0.717) is 18.8 Å². The van der Waals surface area contributed by atoms with Crippen molar-refractivity contribution in [1.29, 1.82) is 0 Å². The molecule has 0 saturated carbocycles. The van der Waals surface area contributed by atoms with Crippen molar-refractivity contribution in [1.82, 2.24) is 20.1 Å². The van der Waals surface area contributed by atoms with Crippen LogP contribution in [0.2, 0.25) is 0 Å². The molecule has 140 valence electrons. The van der Waals surface area contributed by atoms with Gasteiger partial charge in [0.1, 0.15) is 11.4 Å². The summed E-state index contributed by atoms with van der Waals surface area (Å²) in [6.45, 7) is 1.25. The minimum Gasteiger partial charge on any atom is -0.497 e. The SMILES string of the molecule is COc1ccc2[nH]c3c(c2c1)CN(C(=O)c1cc(-c2ccccc2)n[nH]1)CC3. The van der Waals surface area contributed by atoms with Gasteiger partial charge in [0.2, 0.25) is 0 Å². The smallest absolute Gasteiger partial charge is 0.272 e. The van der Waals surface area contributed by atoms with E-state index in [1.807, 2.05) is 59.5 Å². The third-order valence-electron chi connectivity index (χ3n) is 5.35. The number of carbonyl (C=O) groups is 1. The van der Waals surface area contributed by atoms with Crippen molar-refractivity contribution in [2.75, 3.05) is 13.7 Å². The average Bonchev–Trinajstić information content (AvgIpc) is 3.38. The standard InChI is InChI=1S/C22H20N4O2/c1-28-15-7-8-18-16(11-15)17-13-26(10-9-19(17)23-18)22(27)21-12-20(24-25-21)14-5-3-2-4-6-14/h2-8,11-12,23H,9-10,13H2,1H3,(H,24,25). The van der Waals surface area contributed by atoms with Crippen LogP contribution in [-0.2, 0) is 13.0 Å². The number of hydrogen-bond donors (Lipinski definition) is 2. The molecule has 5 rings (SSSR count). The minimum atomic E-state index is -0.0300. The van der Waals surface area contributed by atoms with Crippen molar-refractivity contribution in [3.8, 4) is 17.0 Å². The van der Waals surface area contributed by atoms with Crippen LogP contribution in [0.4, 0.5) is 0 Å². The highest BCUT2D eigenvalue weighted by Gasteiger charge is 2.26. The van der Waals surface area contributed by atoms with Gasteiger partial charge in [0, 0.05) is 47.2 Å². The summed E-state index contributed by atoms with van der Waals surface area (Å²) in [7, 11) is 1.67. The molecule has 28 heavy (non-hydrogen) atoms. The van der Waals surface area contributed by atoms with Gasteiger partial charge in [-0.15, -0.1) is 0 Å². The molecule has 2 aromatic heterocycles. The second-order valence-corrected chi connectivity index (χ2v) is 7.00. The lowest BCUT2D eigenvalue weighted by Crippen LogP contribution is -2.36. The fourth-order valence-corrected chi connectivity index (χ4v) is 3.85. The second-order valence-electron chi connectivity index (χ2n) is 7.00. The van der Waals surface area contributed by atoms with E-state index in [4.69, 9.17) is 4.74 Å². The van der Waals surface area contributed by atoms with Crippen molar-refractivity contribution >= 4 is 16.8 Å². The number of benzene rings is 2. The van der Waals surface area contributed by atoms with Gasteiger partial charge in [0.25, 0.3) is 5.91 Å². The molecule has 1 aliphatic heterocycles. The molecular formula is C22H20N4O2. The van der Waals surface area contributed by atoms with Crippen LogP contribution in [0, 0.1) is 0 Å². The number of methoxy groups -OCH3 is 1. The van der Waals surface area contributed by atoms with Gasteiger partial charge in [0.05, 0.1) is 12.8 Å². The monoisotopic (exact) mass is 372 g/mol. The number of fused-ring (bicyclic) bond motifs is 3. The normalized spacial score (nSPS) is 13.5. The van der Waals surface area contributed by atoms with E-state index in [-0.39, 0.29) is 5.91 Å². The maximum atomic E-state index is 13.1. The van der Waals surface area contributed by atoms with Crippen LogP contribution >= 0.6 is 0 Å². The Kier molecular flexibility index (Phi) is 3.90. The summed E-state index contributed by atoms with van der Waals surface area (Å²) < 4.78 is 5.36. The van der Waals surface area contributed by atoms with Crippen molar-refractivity contribution in [3.63, 3.8) is 0 Å². The molecule has 0 atom stereocenters. The van der Waals surface area contributed by atoms with Gasteiger partial charge in [-0.3, -0.25) is 9.89 Å². The van der Waals surface area contributed by atoms with Crippen LogP contribution in [-0.4, -0.2) is 39.6 Å². The zero-order chi connectivity index (χ0) is 19.1. The lowest BCUT2D eigenvalue weighted by atomic mass is 10.0. The average molecular weight is 372 g/mol. The lowest BCUT2D eigenvalue weighted by molar-refractivity contribution is 0.0729. The van der Waals surface area contributed by atoms with Gasteiger partial charge in [-0.05, 0) is 24.3 Å². The van der Waals surface area contributed by atoms with E-state index in [1.165, 1.54) is 5.69 Å². The number of amides is 1. The van der Waals surface area contributed by atoms with Gasteiger partial charge in [-0.25, -0.2) is 0 Å². The Balaban J connectivity index is 1.43. The molecule has 4 aromatic rings. The first-order valence-electron chi connectivity index (χ1n) is 9.30. The number of aromatic nitrogens is 3. The first-order chi connectivity index (χ1) is 13.7. The third-order valence-corrected chi connectivity index (χ3v) is 5.35. The Hall–Kier alpha value is -3.54. The quantitative estimate of drug-likeness (QED) is 0.575. The molecule has 6 nitrogen and oxygen atoms in total. The Morgan fingerprint density at radius 1 is 1.14 bits per heavy atom. The number of nitrogens with zero attached hydrogens (tertiary/aromatic N) is 2. The zero-order valence-electron chi connectivity index (χ0n) is 15.5. The van der Waals surface area contributed by atoms with Gasteiger partial charge >= 0.3 is 0 Å². The Morgan fingerprint density at radius 2 is 2.00 bits per heavy atom. The molecule has 1 amide bonds.